The minimum absolute atomic E-state index is 0.136. The van der Waals surface area contributed by atoms with Gasteiger partial charge in [0, 0.05) is 24.5 Å². The van der Waals surface area contributed by atoms with Gasteiger partial charge in [0.1, 0.15) is 12.4 Å². The van der Waals surface area contributed by atoms with Gasteiger partial charge in [-0.15, -0.1) is 0 Å². The summed E-state index contributed by atoms with van der Waals surface area (Å²) in [5.74, 6) is -1.68. The van der Waals surface area contributed by atoms with Gasteiger partial charge in [-0.3, -0.25) is 9.59 Å². The third kappa shape index (κ3) is 5.13. The molecule has 1 aliphatic rings. The SMILES string of the molecule is C=C(O)[C@H](C(=O)N1CCC[C@H]1C(=O)N[C@@H](CO)c1ccc(-c2cncnc2)cc1)C(C)C. The van der Waals surface area contributed by atoms with Crippen molar-refractivity contribution in [3.63, 3.8) is 0 Å². The summed E-state index contributed by atoms with van der Waals surface area (Å²) in [6, 6.07) is 6.20. The quantitative estimate of drug-likeness (QED) is 0.546. The predicted molar refractivity (Wildman–Crippen MR) is 120 cm³/mol. The summed E-state index contributed by atoms with van der Waals surface area (Å²) in [5.41, 5.74) is 2.55. The molecular weight excluding hydrogens is 408 g/mol. The van der Waals surface area contributed by atoms with Crippen LogP contribution in [0.4, 0.5) is 0 Å². The molecule has 3 N–H and O–H groups in total. The molecule has 8 nitrogen and oxygen atoms in total. The van der Waals surface area contributed by atoms with E-state index in [-0.39, 0.29) is 30.1 Å². The summed E-state index contributed by atoms with van der Waals surface area (Å²) in [6.45, 7) is 7.38. The molecule has 2 amide bonds. The highest BCUT2D eigenvalue weighted by molar-refractivity contribution is 5.90. The molecule has 0 aliphatic carbocycles. The Balaban J connectivity index is 1.71. The molecule has 0 bridgehead atoms. The Morgan fingerprint density at radius 1 is 1.19 bits per heavy atom. The Morgan fingerprint density at radius 3 is 2.41 bits per heavy atom. The van der Waals surface area contributed by atoms with Gasteiger partial charge in [-0.1, -0.05) is 44.7 Å². The monoisotopic (exact) mass is 438 g/mol. The lowest BCUT2D eigenvalue weighted by molar-refractivity contribution is -0.142. The Kier molecular flexibility index (Phi) is 7.58. The summed E-state index contributed by atoms with van der Waals surface area (Å²) < 4.78 is 0. The van der Waals surface area contributed by atoms with Crippen molar-refractivity contribution in [3.8, 4) is 11.1 Å². The van der Waals surface area contributed by atoms with Gasteiger partial charge in [-0.05, 0) is 29.9 Å². The van der Waals surface area contributed by atoms with E-state index in [4.69, 9.17) is 0 Å². The van der Waals surface area contributed by atoms with Gasteiger partial charge in [0.15, 0.2) is 0 Å². The van der Waals surface area contributed by atoms with Gasteiger partial charge in [0.25, 0.3) is 0 Å². The Bertz CT molecular complexity index is 946. The first-order valence-electron chi connectivity index (χ1n) is 10.8. The first kappa shape index (κ1) is 23.4. The molecule has 1 aliphatic heterocycles. The van der Waals surface area contributed by atoms with Crippen molar-refractivity contribution in [1.29, 1.82) is 0 Å². The van der Waals surface area contributed by atoms with Crippen molar-refractivity contribution in [2.75, 3.05) is 13.2 Å². The molecule has 170 valence electrons. The predicted octanol–water partition coefficient (Wildman–Crippen LogP) is 2.63. The first-order valence-corrected chi connectivity index (χ1v) is 10.8. The third-order valence-electron chi connectivity index (χ3n) is 5.84. The van der Waals surface area contributed by atoms with Crippen LogP contribution in [0.1, 0.15) is 38.3 Å². The molecule has 1 fully saturated rings. The molecule has 2 heterocycles. The van der Waals surface area contributed by atoms with Gasteiger partial charge >= 0.3 is 0 Å². The van der Waals surface area contributed by atoms with E-state index in [1.54, 1.807) is 12.4 Å². The van der Waals surface area contributed by atoms with E-state index in [0.717, 1.165) is 16.7 Å². The molecule has 0 saturated carbocycles. The summed E-state index contributed by atoms with van der Waals surface area (Å²) in [6.07, 6.45) is 6.12. The molecule has 0 spiro atoms. The minimum atomic E-state index is -0.744. The second kappa shape index (κ2) is 10.4. The van der Waals surface area contributed by atoms with Crippen LogP contribution in [0.2, 0.25) is 0 Å². The van der Waals surface area contributed by atoms with Crippen LogP contribution in [0.15, 0.2) is 55.3 Å². The zero-order valence-electron chi connectivity index (χ0n) is 18.4. The van der Waals surface area contributed by atoms with Gasteiger partial charge in [-0.2, -0.15) is 0 Å². The van der Waals surface area contributed by atoms with Crippen molar-refractivity contribution >= 4 is 11.8 Å². The molecule has 8 heteroatoms. The zero-order chi connectivity index (χ0) is 23.3. The number of carbonyl (C=O) groups excluding carboxylic acids is 2. The fourth-order valence-corrected chi connectivity index (χ4v) is 4.15. The van der Waals surface area contributed by atoms with Crippen molar-refractivity contribution in [2.45, 2.75) is 38.8 Å². The number of hydrogen-bond acceptors (Lipinski definition) is 6. The largest absolute Gasteiger partial charge is 0.512 e. The van der Waals surface area contributed by atoms with E-state index in [0.29, 0.717) is 19.4 Å². The number of carbonyl (C=O) groups is 2. The Morgan fingerprint density at radius 2 is 1.84 bits per heavy atom. The summed E-state index contributed by atoms with van der Waals surface area (Å²) in [7, 11) is 0. The number of nitrogens with zero attached hydrogens (tertiary/aromatic N) is 3. The number of amides is 2. The highest BCUT2D eigenvalue weighted by atomic mass is 16.3. The minimum Gasteiger partial charge on any atom is -0.512 e. The maximum atomic E-state index is 13.0. The summed E-state index contributed by atoms with van der Waals surface area (Å²) in [5, 5.41) is 22.7. The van der Waals surface area contributed by atoms with Crippen LogP contribution in [0, 0.1) is 11.8 Å². The fraction of sp³-hybridized carbons (Fsp3) is 0.417. The fourth-order valence-electron chi connectivity index (χ4n) is 4.15. The maximum Gasteiger partial charge on any atom is 0.243 e. The van der Waals surface area contributed by atoms with Crippen LogP contribution >= 0.6 is 0 Å². The molecule has 0 radical (unpaired) electrons. The van der Waals surface area contributed by atoms with Gasteiger partial charge in [0.2, 0.25) is 11.8 Å². The van der Waals surface area contributed by atoms with E-state index < -0.39 is 18.0 Å². The molecule has 1 saturated heterocycles. The molecular formula is C24H30N4O4. The van der Waals surface area contributed by atoms with E-state index >= 15 is 0 Å². The van der Waals surface area contributed by atoms with Crippen LogP contribution in [0.3, 0.4) is 0 Å². The molecule has 1 aromatic carbocycles. The van der Waals surface area contributed by atoms with Crippen LogP contribution in [-0.2, 0) is 9.59 Å². The number of aromatic nitrogens is 2. The maximum absolute atomic E-state index is 13.0. The number of hydrogen-bond donors (Lipinski definition) is 3. The third-order valence-corrected chi connectivity index (χ3v) is 5.84. The molecule has 2 aromatic rings. The standard InChI is InChI=1S/C24H30N4O4/c1-15(2)22(16(3)30)24(32)28-10-4-5-21(28)23(31)27-20(13-29)18-8-6-17(7-9-18)19-11-25-14-26-12-19/h6-9,11-12,14-15,20-22,29-30H,3-5,10,13H2,1-2H3,(H,27,31)/t20-,21-,22+/m0/s1. The lowest BCUT2D eigenvalue weighted by atomic mass is 9.92. The number of likely N-dealkylation sites (tertiary alicyclic amines) is 1. The smallest absolute Gasteiger partial charge is 0.243 e. The molecule has 1 aromatic heterocycles. The second-order valence-electron chi connectivity index (χ2n) is 8.40. The van der Waals surface area contributed by atoms with Crippen LogP contribution in [0.5, 0.6) is 0 Å². The topological polar surface area (TPSA) is 116 Å². The normalized spacial score (nSPS) is 17.8. The number of aliphatic hydroxyl groups excluding tert-OH is 2. The van der Waals surface area contributed by atoms with Crippen LogP contribution in [0.25, 0.3) is 11.1 Å². The average Bonchev–Trinajstić information content (AvgIpc) is 3.28. The molecule has 3 atom stereocenters. The Labute approximate surface area is 188 Å². The lowest BCUT2D eigenvalue weighted by Crippen LogP contribution is -2.49. The average molecular weight is 439 g/mol. The van der Waals surface area contributed by atoms with E-state index in [1.165, 1.54) is 11.2 Å². The number of nitrogens with one attached hydrogen (secondary N) is 1. The van der Waals surface area contributed by atoms with Crippen molar-refractivity contribution in [1.82, 2.24) is 20.2 Å². The van der Waals surface area contributed by atoms with Gasteiger partial charge in [-0.25, -0.2) is 9.97 Å². The van der Waals surface area contributed by atoms with Gasteiger partial charge < -0.3 is 20.4 Å². The number of aliphatic hydroxyl groups is 2. The lowest BCUT2D eigenvalue weighted by Gasteiger charge is -2.30. The molecule has 3 rings (SSSR count). The number of benzene rings is 1. The molecule has 32 heavy (non-hydrogen) atoms. The van der Waals surface area contributed by atoms with E-state index in [2.05, 4.69) is 21.9 Å². The second-order valence-corrected chi connectivity index (χ2v) is 8.40. The van der Waals surface area contributed by atoms with Gasteiger partial charge in [0.05, 0.1) is 24.3 Å². The van der Waals surface area contributed by atoms with Crippen LogP contribution < -0.4 is 5.32 Å². The highest BCUT2D eigenvalue weighted by Crippen LogP contribution is 2.27. The molecule has 0 unspecified atom stereocenters. The van der Waals surface area contributed by atoms with E-state index in [1.807, 2.05) is 38.1 Å². The van der Waals surface area contributed by atoms with Crippen LogP contribution in [-0.4, -0.2) is 56.1 Å². The zero-order valence-corrected chi connectivity index (χ0v) is 18.4. The summed E-state index contributed by atoms with van der Waals surface area (Å²) >= 11 is 0. The summed E-state index contributed by atoms with van der Waals surface area (Å²) in [4.78, 5) is 35.6. The number of rotatable bonds is 8. The van der Waals surface area contributed by atoms with E-state index in [9.17, 15) is 19.8 Å². The highest BCUT2D eigenvalue weighted by Gasteiger charge is 2.39. The van der Waals surface area contributed by atoms with Crippen molar-refractivity contribution < 1.29 is 19.8 Å². The Hall–Kier alpha value is -3.26. The van der Waals surface area contributed by atoms with Crippen molar-refractivity contribution in [2.24, 2.45) is 11.8 Å². The van der Waals surface area contributed by atoms with Crippen molar-refractivity contribution in [3.05, 3.63) is 60.9 Å². The first-order chi connectivity index (χ1) is 15.3.